The number of likely N-dealkylation sites (N-methyl/N-ethyl adjacent to an activating group) is 1. The van der Waals surface area contributed by atoms with Crippen LogP contribution in [-0.2, 0) is 11.2 Å². The Morgan fingerprint density at radius 2 is 1.86 bits per heavy atom. The molecule has 1 saturated heterocycles. The maximum absolute atomic E-state index is 13.0. The number of nitrogens with zero attached hydrogens (tertiary/aromatic N) is 3. The van der Waals surface area contributed by atoms with E-state index in [4.69, 9.17) is 0 Å². The number of aliphatic hydroxyl groups excluding tert-OH is 1. The van der Waals surface area contributed by atoms with Gasteiger partial charge in [0.05, 0.1) is 6.61 Å². The van der Waals surface area contributed by atoms with Crippen LogP contribution in [0.2, 0.25) is 0 Å². The van der Waals surface area contributed by atoms with Gasteiger partial charge in [0.15, 0.2) is 0 Å². The molecule has 0 saturated carbocycles. The molecule has 1 unspecified atom stereocenters. The smallest absolute Gasteiger partial charge is 0.318 e. The van der Waals surface area contributed by atoms with Gasteiger partial charge in [-0.15, -0.1) is 0 Å². The summed E-state index contributed by atoms with van der Waals surface area (Å²) in [6.45, 7) is 3.71. The normalized spacial score (nSPS) is 15.8. The Morgan fingerprint density at radius 3 is 2.48 bits per heavy atom. The molecule has 162 valence electrons. The minimum Gasteiger partial charge on any atom is -0.395 e. The van der Waals surface area contributed by atoms with E-state index < -0.39 is 6.04 Å². The van der Waals surface area contributed by atoms with Crippen molar-refractivity contribution in [1.29, 1.82) is 0 Å². The number of carbonyl (C=O) groups is 2. The lowest BCUT2D eigenvalue weighted by Gasteiger charge is -2.35. The second-order valence-corrected chi connectivity index (χ2v) is 8.34. The Morgan fingerprint density at radius 1 is 1.17 bits per heavy atom. The van der Waals surface area contributed by atoms with Crippen LogP contribution in [0.1, 0.15) is 12.0 Å². The van der Waals surface area contributed by atoms with Crippen LogP contribution >= 0.6 is 11.8 Å². The first-order valence-electron chi connectivity index (χ1n) is 10.2. The van der Waals surface area contributed by atoms with Crippen LogP contribution in [0.3, 0.4) is 0 Å². The number of urea groups is 1. The van der Waals surface area contributed by atoms with Crippen LogP contribution < -0.4 is 5.32 Å². The average Bonchev–Trinajstić information content (AvgIpc) is 2.74. The lowest BCUT2D eigenvalue weighted by molar-refractivity contribution is -0.134. The summed E-state index contributed by atoms with van der Waals surface area (Å²) in [5.41, 5.74) is 1.13. The molecule has 1 aromatic rings. The Labute approximate surface area is 178 Å². The van der Waals surface area contributed by atoms with Crippen LogP contribution in [0.25, 0.3) is 0 Å². The number of benzene rings is 1. The molecule has 0 bridgehead atoms. The fraction of sp³-hybridized carbons (Fsp3) is 0.619. The quantitative estimate of drug-likeness (QED) is 0.591. The van der Waals surface area contributed by atoms with Gasteiger partial charge in [-0.25, -0.2) is 4.79 Å². The van der Waals surface area contributed by atoms with Crippen LogP contribution in [0.5, 0.6) is 0 Å². The topological polar surface area (TPSA) is 76.1 Å². The van der Waals surface area contributed by atoms with E-state index in [0.29, 0.717) is 32.5 Å². The zero-order valence-electron chi connectivity index (χ0n) is 17.5. The first-order chi connectivity index (χ1) is 14.0. The van der Waals surface area contributed by atoms with Crippen molar-refractivity contribution in [1.82, 2.24) is 20.0 Å². The second kappa shape index (κ2) is 12.7. The lowest BCUT2D eigenvalue weighted by atomic mass is 10.1. The summed E-state index contributed by atoms with van der Waals surface area (Å²) in [4.78, 5) is 31.6. The average molecular weight is 423 g/mol. The molecule has 1 atom stereocenters. The molecular formula is C21H34N4O3S. The number of hydrogen-bond donors (Lipinski definition) is 2. The molecule has 1 aliphatic heterocycles. The molecular weight excluding hydrogens is 388 g/mol. The van der Waals surface area contributed by atoms with Gasteiger partial charge in [-0.2, -0.15) is 11.8 Å². The highest BCUT2D eigenvalue weighted by atomic mass is 32.2. The SMILES string of the molecule is CSCCC(NC(=O)N(CCO)CCc1ccccc1)C(=O)N1CCN(C)CC1. The van der Waals surface area contributed by atoms with Crippen molar-refractivity contribution in [2.24, 2.45) is 0 Å². The van der Waals surface area contributed by atoms with Crippen LogP contribution in [0, 0.1) is 0 Å². The molecule has 0 radical (unpaired) electrons. The molecule has 0 spiro atoms. The lowest BCUT2D eigenvalue weighted by Crippen LogP contribution is -2.56. The van der Waals surface area contributed by atoms with Gasteiger partial charge in [0.25, 0.3) is 0 Å². The van der Waals surface area contributed by atoms with E-state index in [0.717, 1.165) is 24.4 Å². The Bertz CT molecular complexity index is 624. The fourth-order valence-corrected chi connectivity index (χ4v) is 3.80. The van der Waals surface area contributed by atoms with Crippen LogP contribution in [0.4, 0.5) is 4.79 Å². The van der Waals surface area contributed by atoms with Crippen molar-refractivity contribution in [3.8, 4) is 0 Å². The highest BCUT2D eigenvalue weighted by Crippen LogP contribution is 2.09. The maximum atomic E-state index is 13.0. The van der Waals surface area contributed by atoms with Crippen molar-refractivity contribution < 1.29 is 14.7 Å². The summed E-state index contributed by atoms with van der Waals surface area (Å²) < 4.78 is 0. The first kappa shape index (κ1) is 23.5. The number of amides is 3. The molecule has 1 aliphatic rings. The zero-order valence-corrected chi connectivity index (χ0v) is 18.4. The summed E-state index contributed by atoms with van der Waals surface area (Å²) in [7, 11) is 2.05. The third-order valence-electron chi connectivity index (χ3n) is 5.19. The van der Waals surface area contributed by atoms with Gasteiger partial charge in [0, 0.05) is 39.3 Å². The third kappa shape index (κ3) is 7.87. The summed E-state index contributed by atoms with van der Waals surface area (Å²) in [5, 5.41) is 12.3. The molecule has 1 fully saturated rings. The van der Waals surface area contributed by atoms with E-state index in [-0.39, 0.29) is 25.1 Å². The molecule has 0 aromatic heterocycles. The summed E-state index contributed by atoms with van der Waals surface area (Å²) in [5.74, 6) is 0.793. The molecule has 7 nitrogen and oxygen atoms in total. The van der Waals surface area contributed by atoms with Gasteiger partial charge in [-0.05, 0) is 37.5 Å². The number of piperazine rings is 1. The van der Waals surface area contributed by atoms with Gasteiger partial charge in [0.1, 0.15) is 6.04 Å². The van der Waals surface area contributed by atoms with Gasteiger partial charge in [-0.1, -0.05) is 30.3 Å². The van der Waals surface area contributed by atoms with Gasteiger partial charge >= 0.3 is 6.03 Å². The molecule has 2 N–H and O–H groups in total. The molecule has 0 aliphatic carbocycles. The Kier molecular flexibility index (Phi) is 10.3. The number of carbonyl (C=O) groups excluding carboxylic acids is 2. The molecule has 2 rings (SSSR count). The van der Waals surface area contributed by atoms with Crippen molar-refractivity contribution in [3.63, 3.8) is 0 Å². The number of aliphatic hydroxyl groups is 1. The monoisotopic (exact) mass is 422 g/mol. The largest absolute Gasteiger partial charge is 0.395 e. The van der Waals surface area contributed by atoms with Crippen LogP contribution in [-0.4, -0.2) is 103 Å². The van der Waals surface area contributed by atoms with E-state index >= 15 is 0 Å². The molecule has 29 heavy (non-hydrogen) atoms. The van der Waals surface area contributed by atoms with Crippen LogP contribution in [0.15, 0.2) is 30.3 Å². The molecule has 1 heterocycles. The van der Waals surface area contributed by atoms with Crippen molar-refractivity contribution in [2.45, 2.75) is 18.9 Å². The molecule has 1 aromatic carbocycles. The summed E-state index contributed by atoms with van der Waals surface area (Å²) >= 11 is 1.66. The van der Waals surface area contributed by atoms with E-state index in [1.54, 1.807) is 16.7 Å². The third-order valence-corrected chi connectivity index (χ3v) is 5.84. The summed E-state index contributed by atoms with van der Waals surface area (Å²) in [6, 6.07) is 9.13. The van der Waals surface area contributed by atoms with Crippen molar-refractivity contribution in [2.75, 3.05) is 64.9 Å². The zero-order chi connectivity index (χ0) is 21.1. The Hall–Kier alpha value is -1.77. The molecule has 8 heteroatoms. The van der Waals surface area contributed by atoms with E-state index in [1.807, 2.05) is 48.5 Å². The number of hydrogen-bond acceptors (Lipinski definition) is 5. The maximum Gasteiger partial charge on any atom is 0.318 e. The van der Waals surface area contributed by atoms with E-state index in [2.05, 4.69) is 10.2 Å². The minimum absolute atomic E-state index is 0.00694. The summed E-state index contributed by atoms with van der Waals surface area (Å²) in [6.07, 6.45) is 3.30. The van der Waals surface area contributed by atoms with E-state index in [1.165, 1.54) is 0 Å². The van der Waals surface area contributed by atoms with Gasteiger partial charge in [0.2, 0.25) is 5.91 Å². The van der Waals surface area contributed by atoms with Gasteiger partial charge in [-0.3, -0.25) is 4.79 Å². The number of rotatable bonds is 10. The second-order valence-electron chi connectivity index (χ2n) is 7.36. The fourth-order valence-electron chi connectivity index (χ4n) is 3.32. The van der Waals surface area contributed by atoms with Crippen molar-refractivity contribution >= 4 is 23.7 Å². The predicted octanol–water partition coefficient (Wildman–Crippen LogP) is 1.13. The van der Waals surface area contributed by atoms with Gasteiger partial charge < -0.3 is 25.1 Å². The standard InChI is InChI=1S/C21H34N4O3S/c1-23-11-13-24(14-12-23)20(27)19(9-17-29-2)22-21(28)25(15-16-26)10-8-18-6-4-3-5-7-18/h3-7,19,26H,8-17H2,1-2H3,(H,22,28). The van der Waals surface area contributed by atoms with E-state index in [9.17, 15) is 14.7 Å². The number of nitrogens with one attached hydrogen (secondary N) is 1. The Balaban J connectivity index is 1.98. The molecule has 3 amide bonds. The first-order valence-corrected chi connectivity index (χ1v) is 11.6. The number of thioether (sulfide) groups is 1. The minimum atomic E-state index is -0.531. The van der Waals surface area contributed by atoms with Crippen molar-refractivity contribution in [3.05, 3.63) is 35.9 Å². The highest BCUT2D eigenvalue weighted by Gasteiger charge is 2.28. The predicted molar refractivity (Wildman–Crippen MR) is 118 cm³/mol. The highest BCUT2D eigenvalue weighted by molar-refractivity contribution is 7.98.